The molecule has 0 aliphatic carbocycles. The summed E-state index contributed by atoms with van der Waals surface area (Å²) in [6.45, 7) is 14.9. The summed E-state index contributed by atoms with van der Waals surface area (Å²) in [6.07, 6.45) is 5.41. The molecule has 23 heteroatoms. The lowest BCUT2D eigenvalue weighted by Gasteiger charge is -2.12. The van der Waals surface area contributed by atoms with Gasteiger partial charge in [-0.25, -0.2) is 24.3 Å². The monoisotopic (exact) mass is 1160 g/mol. The molecule has 9 aromatic rings. The van der Waals surface area contributed by atoms with Crippen LogP contribution < -0.4 is 20.7 Å². The van der Waals surface area contributed by atoms with E-state index in [4.69, 9.17) is 67.7 Å². The van der Waals surface area contributed by atoms with Crippen LogP contribution in [0.15, 0.2) is 110 Å². The third-order valence-corrected chi connectivity index (χ3v) is 11.3. The summed E-state index contributed by atoms with van der Waals surface area (Å²) >= 11 is 29.7. The van der Waals surface area contributed by atoms with Crippen molar-refractivity contribution in [2.75, 3.05) is 69.7 Å². The van der Waals surface area contributed by atoms with Crippen LogP contribution in [0.25, 0.3) is 44.3 Å². The molecular weight excluding hydrogens is 1090 g/mol. The number of phenols is 2. The second-order valence-corrected chi connectivity index (χ2v) is 20.2. The molecule has 0 spiro atoms. The number of halogens is 6. The highest BCUT2D eigenvalue weighted by molar-refractivity contribution is 6.38. The Morgan fingerprint density at radius 2 is 1.04 bits per heavy atom. The molecule has 0 saturated heterocycles. The van der Waals surface area contributed by atoms with Gasteiger partial charge in [0, 0.05) is 108 Å². The molecule has 6 heterocycles. The number of benzene rings is 3. The molecule has 0 amide bonds. The van der Waals surface area contributed by atoms with Gasteiger partial charge < -0.3 is 40.7 Å². The quantitative estimate of drug-likeness (QED) is 0.0444. The molecule has 0 atom stereocenters. The van der Waals surface area contributed by atoms with Crippen molar-refractivity contribution in [2.24, 2.45) is 0 Å². The van der Waals surface area contributed by atoms with E-state index in [-0.39, 0.29) is 23.9 Å². The van der Waals surface area contributed by atoms with Gasteiger partial charge in [-0.2, -0.15) is 5.10 Å². The van der Waals surface area contributed by atoms with E-state index in [9.17, 15) is 10.2 Å². The van der Waals surface area contributed by atoms with Gasteiger partial charge in [-0.3, -0.25) is 5.10 Å². The fraction of sp³-hybridized carbons (Fsp3) is 0.321. The lowest BCUT2D eigenvalue weighted by atomic mass is 10.2. The molecule has 0 unspecified atom stereocenters. The summed E-state index contributed by atoms with van der Waals surface area (Å²) in [5.74, 6) is 5.65. The van der Waals surface area contributed by atoms with Crippen molar-refractivity contribution in [3.8, 4) is 28.9 Å². The van der Waals surface area contributed by atoms with E-state index in [1.165, 1.54) is 6.07 Å². The van der Waals surface area contributed by atoms with E-state index in [1.54, 1.807) is 58.0 Å². The van der Waals surface area contributed by atoms with Crippen LogP contribution in [-0.4, -0.2) is 137 Å². The van der Waals surface area contributed by atoms with Crippen LogP contribution in [0, 0.1) is 0 Å². The van der Waals surface area contributed by atoms with Crippen LogP contribution in [0.5, 0.6) is 17.2 Å². The van der Waals surface area contributed by atoms with Crippen LogP contribution >= 0.6 is 70.4 Å². The SMILES string of the molecule is CC(C)Nc1ccn(-c2cc(Cl)c3ccc(O)cc3n2)n1.CC(C)Nc1ccn(-c2cc(Cl)c3ccc(OCCN(C)C)cc3n2)n1.CC(C)Nc1ccn[nH]1.CN(C)CCCl.Cl.Oc1ccc2c(Cl)cc(Cl)nc2c1. The van der Waals surface area contributed by atoms with Gasteiger partial charge in [-0.05, 0) is 118 Å². The Balaban J connectivity index is 0.000000222. The zero-order valence-electron chi connectivity index (χ0n) is 44.0. The number of alkyl halides is 1. The van der Waals surface area contributed by atoms with Gasteiger partial charge in [0.05, 0.1) is 37.8 Å². The van der Waals surface area contributed by atoms with Crippen LogP contribution in [0.1, 0.15) is 41.5 Å². The van der Waals surface area contributed by atoms with Gasteiger partial charge >= 0.3 is 0 Å². The minimum Gasteiger partial charge on any atom is -0.508 e. The van der Waals surface area contributed by atoms with Crippen molar-refractivity contribution in [3.05, 3.63) is 130 Å². The average Bonchev–Trinajstić information content (AvgIpc) is 4.13. The van der Waals surface area contributed by atoms with Crippen molar-refractivity contribution >= 4 is 121 Å². The highest BCUT2D eigenvalue weighted by Crippen LogP contribution is 2.30. The largest absolute Gasteiger partial charge is 0.508 e. The maximum atomic E-state index is 9.57. The first kappa shape index (κ1) is 62.5. The number of fused-ring (bicyclic) bond motifs is 3. The number of nitrogens with one attached hydrogen (secondary N) is 4. The Kier molecular flexibility index (Phi) is 25.2. The third-order valence-electron chi connectivity index (χ3n) is 9.96. The molecule has 6 N–H and O–H groups in total. The van der Waals surface area contributed by atoms with Gasteiger partial charge in [-0.1, -0.05) is 46.4 Å². The van der Waals surface area contributed by atoms with Crippen molar-refractivity contribution in [2.45, 2.75) is 59.7 Å². The highest BCUT2D eigenvalue weighted by Gasteiger charge is 2.12. The summed E-state index contributed by atoms with van der Waals surface area (Å²) < 4.78 is 9.17. The number of rotatable bonds is 14. The molecule has 9 rings (SSSR count). The maximum absolute atomic E-state index is 9.57. The molecular formula is C53H66Cl6N14O3. The minimum absolute atomic E-state index is 0. The van der Waals surface area contributed by atoms with E-state index in [0.717, 1.165) is 63.8 Å². The topological polar surface area (TPSA) is 195 Å². The molecule has 408 valence electrons. The van der Waals surface area contributed by atoms with Gasteiger partial charge in [0.15, 0.2) is 11.6 Å². The Labute approximate surface area is 475 Å². The molecule has 0 bridgehead atoms. The smallest absolute Gasteiger partial charge is 0.155 e. The molecule has 3 aromatic carbocycles. The van der Waals surface area contributed by atoms with Crippen LogP contribution in [0.2, 0.25) is 20.2 Å². The number of nitrogens with zero attached hydrogens (tertiary/aromatic N) is 10. The highest BCUT2D eigenvalue weighted by atomic mass is 35.5. The number of likely N-dealkylation sites (N-methyl/N-ethyl adjacent to an activating group) is 1. The number of phenolic OH excluding ortho intramolecular Hbond substituents is 2. The van der Waals surface area contributed by atoms with Gasteiger partial charge in [0.25, 0.3) is 0 Å². The predicted octanol–water partition coefficient (Wildman–Crippen LogP) is 13.1. The summed E-state index contributed by atoms with van der Waals surface area (Å²) in [5, 5.41) is 48.5. The van der Waals surface area contributed by atoms with Crippen LogP contribution in [-0.2, 0) is 0 Å². The van der Waals surface area contributed by atoms with Crippen molar-refractivity contribution < 1.29 is 14.9 Å². The normalized spacial score (nSPS) is 10.8. The Morgan fingerprint density at radius 1 is 0.579 bits per heavy atom. The first-order valence-electron chi connectivity index (χ1n) is 23.9. The van der Waals surface area contributed by atoms with Crippen LogP contribution in [0.4, 0.5) is 17.5 Å². The summed E-state index contributed by atoms with van der Waals surface area (Å²) in [6, 6.07) is 27.4. The van der Waals surface area contributed by atoms with E-state index < -0.39 is 0 Å². The molecule has 6 aromatic heterocycles. The van der Waals surface area contributed by atoms with Crippen LogP contribution in [0.3, 0.4) is 0 Å². The van der Waals surface area contributed by atoms with E-state index in [2.05, 4.69) is 78.9 Å². The zero-order chi connectivity index (χ0) is 54.8. The standard InChI is InChI=1S/C19H24ClN5O.C15H15ClN4O.C9H5Cl2NO.C6H11N3.C4H10ClN.ClH/c1-13(2)21-18-7-8-25(23-18)19-12-16(20)15-6-5-14(11-17(15)22-19)26-10-9-24(3)4;1-9(2)17-14-5-6-20(19-14)15-8-12(16)11-4-3-10(21)7-13(11)18-15;10-7-4-9(11)12-8-3-5(13)1-2-6(7)8;1-5(2)8-6-3-4-7-9-6;1-6(2)4-3-5;/h5-8,11-13H,9-10H2,1-4H3,(H,21,23);3-9,21H,1-2H3,(H,17,19);1-4,13H;3-5H,1-2H3,(H2,7,8,9);3-4H2,1-2H3;1H. The predicted molar refractivity (Wildman–Crippen MR) is 318 cm³/mol. The number of aromatic amines is 1. The first-order chi connectivity index (χ1) is 35.7. The Bertz CT molecular complexity index is 3180. The van der Waals surface area contributed by atoms with Gasteiger partial charge in [0.1, 0.15) is 46.5 Å². The number of aromatic nitrogens is 9. The molecule has 76 heavy (non-hydrogen) atoms. The Hall–Kier alpha value is -6.02. The molecule has 0 aliphatic heterocycles. The fourth-order valence-corrected chi connectivity index (χ4v) is 7.97. The van der Waals surface area contributed by atoms with Crippen molar-refractivity contribution in [1.82, 2.24) is 54.5 Å². The minimum atomic E-state index is 0. The summed E-state index contributed by atoms with van der Waals surface area (Å²) in [4.78, 5) is 17.3. The average molecular weight is 1160 g/mol. The zero-order valence-corrected chi connectivity index (χ0v) is 48.6. The van der Waals surface area contributed by atoms with Gasteiger partial charge in [-0.15, -0.1) is 34.2 Å². The van der Waals surface area contributed by atoms with E-state index in [1.807, 2.05) is 102 Å². The first-order valence-corrected chi connectivity index (χ1v) is 26.0. The lowest BCUT2D eigenvalue weighted by molar-refractivity contribution is 0.261. The summed E-state index contributed by atoms with van der Waals surface area (Å²) in [7, 11) is 8.04. The number of hydrogen-bond donors (Lipinski definition) is 6. The number of anilines is 3. The summed E-state index contributed by atoms with van der Waals surface area (Å²) in [5.41, 5.74) is 2.01. The second-order valence-electron chi connectivity index (χ2n) is 18.2. The number of pyridine rings is 3. The fourth-order valence-electron chi connectivity index (χ4n) is 6.59. The van der Waals surface area contributed by atoms with E-state index >= 15 is 0 Å². The number of H-pyrrole nitrogens is 1. The molecule has 0 aliphatic rings. The van der Waals surface area contributed by atoms with Crippen molar-refractivity contribution in [1.29, 1.82) is 0 Å². The van der Waals surface area contributed by atoms with E-state index in [0.29, 0.717) is 67.6 Å². The molecule has 17 nitrogen and oxygen atoms in total. The molecule has 0 saturated carbocycles. The Morgan fingerprint density at radius 3 is 1.47 bits per heavy atom. The third kappa shape index (κ3) is 20.2. The lowest BCUT2D eigenvalue weighted by Crippen LogP contribution is -2.19. The van der Waals surface area contributed by atoms with Gasteiger partial charge in [0.2, 0.25) is 0 Å². The number of hydrogen-bond acceptors (Lipinski definition) is 14. The second kappa shape index (κ2) is 30.7. The maximum Gasteiger partial charge on any atom is 0.155 e. The van der Waals surface area contributed by atoms with Crippen molar-refractivity contribution in [3.63, 3.8) is 0 Å². The molecule has 0 fully saturated rings. The number of aromatic hydroxyl groups is 2. The molecule has 0 radical (unpaired) electrons. The number of ether oxygens (including phenoxy) is 1.